The zero-order valence-corrected chi connectivity index (χ0v) is 11.3. The SMILES string of the molecule is CCSCCCNC(C)(CC)CCCl. The molecule has 0 radical (unpaired) electrons. The van der Waals surface area contributed by atoms with E-state index in [1.165, 1.54) is 17.9 Å². The van der Waals surface area contributed by atoms with Crippen molar-refractivity contribution in [2.24, 2.45) is 0 Å². The Morgan fingerprint density at radius 3 is 2.57 bits per heavy atom. The van der Waals surface area contributed by atoms with Crippen LogP contribution in [0.1, 0.15) is 40.0 Å². The van der Waals surface area contributed by atoms with Crippen molar-refractivity contribution in [3.63, 3.8) is 0 Å². The summed E-state index contributed by atoms with van der Waals surface area (Å²) in [6, 6.07) is 0. The van der Waals surface area contributed by atoms with E-state index in [2.05, 4.69) is 26.1 Å². The molecule has 0 aromatic rings. The van der Waals surface area contributed by atoms with Crippen molar-refractivity contribution < 1.29 is 0 Å². The first-order valence-electron chi connectivity index (χ1n) is 5.57. The second kappa shape index (κ2) is 8.87. The minimum Gasteiger partial charge on any atom is -0.311 e. The molecule has 0 aromatic heterocycles. The largest absolute Gasteiger partial charge is 0.311 e. The summed E-state index contributed by atoms with van der Waals surface area (Å²) < 4.78 is 0. The third kappa shape index (κ3) is 6.97. The van der Waals surface area contributed by atoms with Gasteiger partial charge in [-0.1, -0.05) is 13.8 Å². The van der Waals surface area contributed by atoms with Gasteiger partial charge in [-0.25, -0.2) is 0 Å². The Morgan fingerprint density at radius 2 is 2.07 bits per heavy atom. The van der Waals surface area contributed by atoms with Gasteiger partial charge in [-0.2, -0.15) is 11.8 Å². The van der Waals surface area contributed by atoms with Gasteiger partial charge in [0, 0.05) is 11.4 Å². The summed E-state index contributed by atoms with van der Waals surface area (Å²) in [5.41, 5.74) is 0.249. The van der Waals surface area contributed by atoms with E-state index in [9.17, 15) is 0 Å². The van der Waals surface area contributed by atoms with E-state index in [4.69, 9.17) is 11.6 Å². The molecule has 0 bridgehead atoms. The van der Waals surface area contributed by atoms with Crippen molar-refractivity contribution in [2.75, 3.05) is 23.9 Å². The normalized spacial score (nSPS) is 15.4. The fourth-order valence-corrected chi connectivity index (χ4v) is 2.36. The first-order valence-corrected chi connectivity index (χ1v) is 7.26. The van der Waals surface area contributed by atoms with E-state index in [1.54, 1.807) is 0 Å². The summed E-state index contributed by atoms with van der Waals surface area (Å²) >= 11 is 7.80. The van der Waals surface area contributed by atoms with Crippen molar-refractivity contribution in [2.45, 2.75) is 45.6 Å². The van der Waals surface area contributed by atoms with Gasteiger partial charge in [-0.15, -0.1) is 11.6 Å². The average molecular weight is 238 g/mol. The van der Waals surface area contributed by atoms with Gasteiger partial charge in [0.05, 0.1) is 0 Å². The van der Waals surface area contributed by atoms with Crippen molar-refractivity contribution in [3.8, 4) is 0 Å². The second-order valence-electron chi connectivity index (χ2n) is 3.83. The van der Waals surface area contributed by atoms with Crippen LogP contribution in [0.25, 0.3) is 0 Å². The molecule has 14 heavy (non-hydrogen) atoms. The molecule has 1 unspecified atom stereocenters. The number of hydrogen-bond donors (Lipinski definition) is 1. The van der Waals surface area contributed by atoms with Gasteiger partial charge < -0.3 is 5.32 Å². The van der Waals surface area contributed by atoms with Crippen LogP contribution in [0.3, 0.4) is 0 Å². The Kier molecular flexibility index (Phi) is 9.25. The first kappa shape index (κ1) is 14.6. The van der Waals surface area contributed by atoms with E-state index in [0.717, 1.165) is 25.3 Å². The molecule has 1 N–H and O–H groups in total. The molecule has 0 saturated heterocycles. The molecular formula is C11H24ClNS. The molecular weight excluding hydrogens is 214 g/mol. The first-order chi connectivity index (χ1) is 6.68. The molecule has 0 rings (SSSR count). The molecule has 0 aliphatic carbocycles. The van der Waals surface area contributed by atoms with Gasteiger partial charge in [0.15, 0.2) is 0 Å². The van der Waals surface area contributed by atoms with E-state index in [1.807, 2.05) is 11.8 Å². The fourth-order valence-electron chi connectivity index (χ4n) is 1.31. The van der Waals surface area contributed by atoms with Crippen LogP contribution in [0.4, 0.5) is 0 Å². The third-order valence-corrected chi connectivity index (χ3v) is 3.82. The topological polar surface area (TPSA) is 12.0 Å². The monoisotopic (exact) mass is 237 g/mol. The molecule has 0 saturated carbocycles. The lowest BCUT2D eigenvalue weighted by Crippen LogP contribution is -2.42. The fraction of sp³-hybridized carbons (Fsp3) is 1.00. The zero-order chi connectivity index (χ0) is 10.9. The maximum atomic E-state index is 5.78. The highest BCUT2D eigenvalue weighted by atomic mass is 35.5. The molecule has 1 atom stereocenters. The molecule has 0 spiro atoms. The Morgan fingerprint density at radius 1 is 1.36 bits per heavy atom. The Balaban J connectivity index is 3.51. The quantitative estimate of drug-likeness (QED) is 0.487. The molecule has 86 valence electrons. The summed E-state index contributed by atoms with van der Waals surface area (Å²) in [6.45, 7) is 7.82. The van der Waals surface area contributed by atoms with Gasteiger partial charge in [-0.3, -0.25) is 0 Å². The number of thioether (sulfide) groups is 1. The molecule has 0 aliphatic heterocycles. The highest BCUT2D eigenvalue weighted by Crippen LogP contribution is 2.15. The van der Waals surface area contributed by atoms with E-state index in [0.29, 0.717) is 0 Å². The van der Waals surface area contributed by atoms with Crippen LogP contribution in [0, 0.1) is 0 Å². The minimum absolute atomic E-state index is 0.249. The van der Waals surface area contributed by atoms with Crippen molar-refractivity contribution >= 4 is 23.4 Å². The summed E-state index contributed by atoms with van der Waals surface area (Å²) in [7, 11) is 0. The summed E-state index contributed by atoms with van der Waals surface area (Å²) in [4.78, 5) is 0. The standard InChI is InChI=1S/C11H24ClNS/c1-4-11(3,7-8-12)13-9-6-10-14-5-2/h13H,4-10H2,1-3H3. The van der Waals surface area contributed by atoms with Gasteiger partial charge >= 0.3 is 0 Å². The maximum absolute atomic E-state index is 5.78. The van der Waals surface area contributed by atoms with Crippen molar-refractivity contribution in [1.82, 2.24) is 5.32 Å². The Labute approximate surface area is 98.4 Å². The second-order valence-corrected chi connectivity index (χ2v) is 5.60. The third-order valence-electron chi connectivity index (χ3n) is 2.65. The number of rotatable bonds is 9. The van der Waals surface area contributed by atoms with E-state index >= 15 is 0 Å². The number of alkyl halides is 1. The zero-order valence-electron chi connectivity index (χ0n) is 9.74. The van der Waals surface area contributed by atoms with E-state index < -0.39 is 0 Å². The number of hydrogen-bond acceptors (Lipinski definition) is 2. The number of halogens is 1. The molecule has 0 heterocycles. The van der Waals surface area contributed by atoms with Crippen LogP contribution in [0.5, 0.6) is 0 Å². The molecule has 3 heteroatoms. The van der Waals surface area contributed by atoms with Gasteiger partial charge in [0.1, 0.15) is 0 Å². The molecule has 0 amide bonds. The smallest absolute Gasteiger partial charge is 0.0240 e. The van der Waals surface area contributed by atoms with Crippen LogP contribution in [-0.2, 0) is 0 Å². The van der Waals surface area contributed by atoms with E-state index in [-0.39, 0.29) is 5.54 Å². The lowest BCUT2D eigenvalue weighted by atomic mass is 9.95. The lowest BCUT2D eigenvalue weighted by molar-refractivity contribution is 0.335. The molecule has 1 nitrogen and oxygen atoms in total. The predicted octanol–water partition coefficient (Wildman–Crippen LogP) is 3.52. The van der Waals surface area contributed by atoms with Crippen LogP contribution in [-0.4, -0.2) is 29.5 Å². The summed E-state index contributed by atoms with van der Waals surface area (Å²) in [5.74, 6) is 3.25. The van der Waals surface area contributed by atoms with Gasteiger partial charge in [-0.05, 0) is 44.2 Å². The van der Waals surface area contributed by atoms with Crippen molar-refractivity contribution in [3.05, 3.63) is 0 Å². The van der Waals surface area contributed by atoms with Crippen LogP contribution >= 0.6 is 23.4 Å². The van der Waals surface area contributed by atoms with Crippen molar-refractivity contribution in [1.29, 1.82) is 0 Å². The summed E-state index contributed by atoms with van der Waals surface area (Å²) in [6.07, 6.45) is 3.48. The predicted molar refractivity (Wildman–Crippen MR) is 69.7 cm³/mol. The highest BCUT2D eigenvalue weighted by molar-refractivity contribution is 7.99. The molecule has 0 fully saturated rings. The van der Waals surface area contributed by atoms with Crippen LogP contribution in [0.15, 0.2) is 0 Å². The molecule has 0 aliphatic rings. The van der Waals surface area contributed by atoms with Gasteiger partial charge in [0.2, 0.25) is 0 Å². The van der Waals surface area contributed by atoms with Crippen LogP contribution < -0.4 is 5.32 Å². The summed E-state index contributed by atoms with van der Waals surface area (Å²) in [5, 5.41) is 3.61. The maximum Gasteiger partial charge on any atom is 0.0240 e. The number of nitrogens with one attached hydrogen (secondary N) is 1. The van der Waals surface area contributed by atoms with Gasteiger partial charge in [0.25, 0.3) is 0 Å². The van der Waals surface area contributed by atoms with Crippen LogP contribution in [0.2, 0.25) is 0 Å². The lowest BCUT2D eigenvalue weighted by Gasteiger charge is -2.29. The Hall–Kier alpha value is 0.600. The highest BCUT2D eigenvalue weighted by Gasteiger charge is 2.19. The average Bonchev–Trinajstić information content (AvgIpc) is 2.18. The minimum atomic E-state index is 0.249. The molecule has 0 aromatic carbocycles. The Bertz CT molecular complexity index is 132.